The van der Waals surface area contributed by atoms with E-state index in [-0.39, 0.29) is 5.75 Å². The van der Waals surface area contributed by atoms with E-state index in [2.05, 4.69) is 17.1 Å². The van der Waals surface area contributed by atoms with E-state index in [9.17, 15) is 5.11 Å². The number of fused-ring (bicyclic) bond motifs is 1. The van der Waals surface area contributed by atoms with Crippen LogP contribution in [-0.4, -0.2) is 20.1 Å². The summed E-state index contributed by atoms with van der Waals surface area (Å²) in [5.41, 5.74) is 4.31. The summed E-state index contributed by atoms with van der Waals surface area (Å²) in [7, 11) is 0. The molecule has 0 saturated heterocycles. The standard InChI is InChI=1S/C17H18ClN3O/c1-3-4-5-12-9-13(18)10-14-17(12)20-21(19-14)15-8-11(2)6-7-16(15)22/h6-10,22H,3-5H2,1-2H3. The average Bonchev–Trinajstić information content (AvgIpc) is 2.90. The fourth-order valence-electron chi connectivity index (χ4n) is 2.51. The lowest BCUT2D eigenvalue weighted by molar-refractivity contribution is 0.467. The first kappa shape index (κ1) is 14.9. The van der Waals surface area contributed by atoms with Crippen LogP contribution in [0.2, 0.25) is 5.02 Å². The minimum atomic E-state index is 0.159. The van der Waals surface area contributed by atoms with Crippen molar-refractivity contribution >= 4 is 22.6 Å². The number of rotatable bonds is 4. The molecular formula is C17H18ClN3O. The number of unbranched alkanes of at least 4 members (excludes halogenated alkanes) is 1. The van der Waals surface area contributed by atoms with Crippen molar-refractivity contribution in [3.63, 3.8) is 0 Å². The minimum absolute atomic E-state index is 0.159. The van der Waals surface area contributed by atoms with Crippen LogP contribution in [0.15, 0.2) is 30.3 Å². The van der Waals surface area contributed by atoms with Gasteiger partial charge in [-0.1, -0.05) is 31.0 Å². The number of phenolic OH excluding ortho intramolecular Hbond substituents is 1. The van der Waals surface area contributed by atoms with E-state index in [1.54, 1.807) is 6.07 Å². The summed E-state index contributed by atoms with van der Waals surface area (Å²) in [6.45, 7) is 4.12. The van der Waals surface area contributed by atoms with Crippen LogP contribution in [-0.2, 0) is 6.42 Å². The van der Waals surface area contributed by atoms with E-state index in [1.807, 2.05) is 31.2 Å². The first-order valence-corrected chi connectivity index (χ1v) is 7.81. The summed E-state index contributed by atoms with van der Waals surface area (Å²) in [6, 6.07) is 9.13. The Balaban J connectivity index is 2.14. The molecule has 0 amide bonds. The van der Waals surface area contributed by atoms with Gasteiger partial charge in [-0.15, -0.1) is 15.0 Å². The quantitative estimate of drug-likeness (QED) is 0.774. The second kappa shape index (κ2) is 5.97. The first-order chi connectivity index (χ1) is 10.6. The fraction of sp³-hybridized carbons (Fsp3) is 0.294. The van der Waals surface area contributed by atoms with Crippen molar-refractivity contribution in [3.8, 4) is 11.4 Å². The Morgan fingerprint density at radius 3 is 2.77 bits per heavy atom. The summed E-state index contributed by atoms with van der Waals surface area (Å²) in [6.07, 6.45) is 3.12. The maximum absolute atomic E-state index is 10.1. The summed E-state index contributed by atoms with van der Waals surface area (Å²) >= 11 is 6.19. The Kier molecular flexibility index (Phi) is 4.03. The number of hydrogen-bond acceptors (Lipinski definition) is 3. The van der Waals surface area contributed by atoms with Crippen molar-refractivity contribution in [2.24, 2.45) is 0 Å². The zero-order valence-corrected chi connectivity index (χ0v) is 13.4. The highest BCUT2D eigenvalue weighted by Crippen LogP contribution is 2.26. The van der Waals surface area contributed by atoms with Crippen LogP contribution in [0.1, 0.15) is 30.9 Å². The van der Waals surface area contributed by atoms with Crippen molar-refractivity contribution in [1.29, 1.82) is 0 Å². The van der Waals surface area contributed by atoms with Gasteiger partial charge in [0.25, 0.3) is 0 Å². The molecule has 3 rings (SSSR count). The number of nitrogens with zero attached hydrogens (tertiary/aromatic N) is 3. The van der Waals surface area contributed by atoms with Gasteiger partial charge in [0.15, 0.2) is 0 Å². The molecule has 0 spiro atoms. The molecule has 4 nitrogen and oxygen atoms in total. The molecule has 114 valence electrons. The van der Waals surface area contributed by atoms with Gasteiger partial charge in [-0.05, 0) is 55.2 Å². The molecule has 1 heterocycles. The van der Waals surface area contributed by atoms with Crippen molar-refractivity contribution in [2.45, 2.75) is 33.1 Å². The molecule has 0 unspecified atom stereocenters. The lowest BCUT2D eigenvalue weighted by Gasteiger charge is -2.03. The first-order valence-electron chi connectivity index (χ1n) is 7.44. The van der Waals surface area contributed by atoms with E-state index in [0.29, 0.717) is 10.7 Å². The molecule has 3 aromatic rings. The summed E-state index contributed by atoms with van der Waals surface area (Å²) in [5, 5.41) is 19.8. The molecule has 0 aliphatic rings. The Morgan fingerprint density at radius 2 is 2.00 bits per heavy atom. The molecule has 22 heavy (non-hydrogen) atoms. The highest BCUT2D eigenvalue weighted by molar-refractivity contribution is 6.31. The number of aromatic hydroxyl groups is 1. The van der Waals surface area contributed by atoms with Gasteiger partial charge in [0.1, 0.15) is 22.5 Å². The molecule has 0 atom stereocenters. The predicted octanol–water partition coefficient (Wildman–Crippen LogP) is 4.43. The largest absolute Gasteiger partial charge is 0.506 e. The van der Waals surface area contributed by atoms with Crippen LogP contribution >= 0.6 is 11.6 Å². The van der Waals surface area contributed by atoms with Crippen LogP contribution in [0.3, 0.4) is 0 Å². The van der Waals surface area contributed by atoms with Crippen LogP contribution < -0.4 is 0 Å². The van der Waals surface area contributed by atoms with E-state index in [1.165, 1.54) is 4.80 Å². The molecule has 1 N–H and O–H groups in total. The Hall–Kier alpha value is -2.07. The lowest BCUT2D eigenvalue weighted by Crippen LogP contribution is -1.99. The monoisotopic (exact) mass is 315 g/mol. The van der Waals surface area contributed by atoms with Crippen LogP contribution in [0.5, 0.6) is 5.75 Å². The van der Waals surface area contributed by atoms with Gasteiger partial charge in [-0.25, -0.2) is 0 Å². The lowest BCUT2D eigenvalue weighted by atomic mass is 10.1. The van der Waals surface area contributed by atoms with Gasteiger partial charge in [0, 0.05) is 5.02 Å². The third-order valence-electron chi connectivity index (χ3n) is 3.68. The van der Waals surface area contributed by atoms with Crippen LogP contribution in [0.25, 0.3) is 16.7 Å². The van der Waals surface area contributed by atoms with E-state index in [4.69, 9.17) is 11.6 Å². The van der Waals surface area contributed by atoms with Gasteiger partial charge in [0.2, 0.25) is 0 Å². The van der Waals surface area contributed by atoms with Crippen molar-refractivity contribution in [1.82, 2.24) is 15.0 Å². The Bertz CT molecular complexity index is 826. The third kappa shape index (κ3) is 2.79. The van der Waals surface area contributed by atoms with Crippen molar-refractivity contribution < 1.29 is 5.11 Å². The van der Waals surface area contributed by atoms with Crippen molar-refractivity contribution in [2.75, 3.05) is 0 Å². The third-order valence-corrected chi connectivity index (χ3v) is 3.89. The molecule has 0 fully saturated rings. The number of halogens is 1. The highest BCUT2D eigenvalue weighted by atomic mass is 35.5. The summed E-state index contributed by atoms with van der Waals surface area (Å²) in [4.78, 5) is 1.48. The Labute approximate surface area is 134 Å². The van der Waals surface area contributed by atoms with Gasteiger partial charge < -0.3 is 5.11 Å². The molecule has 5 heteroatoms. The number of aryl methyl sites for hydroxylation is 2. The fourth-order valence-corrected chi connectivity index (χ4v) is 2.74. The molecule has 0 saturated carbocycles. The van der Waals surface area contributed by atoms with Crippen molar-refractivity contribution in [3.05, 3.63) is 46.5 Å². The van der Waals surface area contributed by atoms with Gasteiger partial charge in [0.05, 0.1) is 0 Å². The van der Waals surface area contributed by atoms with E-state index in [0.717, 1.165) is 41.4 Å². The predicted molar refractivity (Wildman–Crippen MR) is 88.9 cm³/mol. The maximum atomic E-state index is 10.1. The SMILES string of the molecule is CCCCc1cc(Cl)cc2nn(-c3cc(C)ccc3O)nc12. The molecule has 0 radical (unpaired) electrons. The van der Waals surface area contributed by atoms with E-state index >= 15 is 0 Å². The van der Waals surface area contributed by atoms with Crippen LogP contribution in [0.4, 0.5) is 0 Å². The smallest absolute Gasteiger partial charge is 0.143 e. The number of aromatic nitrogens is 3. The summed E-state index contributed by atoms with van der Waals surface area (Å²) < 4.78 is 0. The normalized spacial score (nSPS) is 11.2. The zero-order valence-electron chi connectivity index (χ0n) is 12.7. The van der Waals surface area contributed by atoms with Gasteiger partial charge in [-0.2, -0.15) is 0 Å². The Morgan fingerprint density at radius 1 is 1.18 bits per heavy atom. The minimum Gasteiger partial charge on any atom is -0.506 e. The second-order valence-corrected chi connectivity index (χ2v) is 5.95. The molecular weight excluding hydrogens is 298 g/mol. The highest BCUT2D eigenvalue weighted by Gasteiger charge is 2.13. The van der Waals surface area contributed by atoms with Gasteiger partial charge in [-0.3, -0.25) is 0 Å². The number of phenols is 1. The second-order valence-electron chi connectivity index (χ2n) is 5.52. The van der Waals surface area contributed by atoms with E-state index < -0.39 is 0 Å². The number of benzene rings is 2. The molecule has 1 aromatic heterocycles. The average molecular weight is 316 g/mol. The molecule has 2 aromatic carbocycles. The molecule has 0 bridgehead atoms. The topological polar surface area (TPSA) is 50.9 Å². The number of hydrogen-bond donors (Lipinski definition) is 1. The molecule has 0 aliphatic heterocycles. The molecule has 0 aliphatic carbocycles. The maximum Gasteiger partial charge on any atom is 0.143 e. The van der Waals surface area contributed by atoms with Gasteiger partial charge >= 0.3 is 0 Å². The van der Waals surface area contributed by atoms with Crippen LogP contribution in [0, 0.1) is 6.92 Å². The zero-order chi connectivity index (χ0) is 15.7. The summed E-state index contributed by atoms with van der Waals surface area (Å²) in [5.74, 6) is 0.159.